The first kappa shape index (κ1) is 10.9. The maximum Gasteiger partial charge on any atom is 0.155 e. The van der Waals surface area contributed by atoms with Crippen molar-refractivity contribution in [3.05, 3.63) is 34.9 Å². The predicted molar refractivity (Wildman–Crippen MR) is 59.9 cm³/mol. The third-order valence-corrected chi connectivity index (χ3v) is 2.82. The van der Waals surface area contributed by atoms with Gasteiger partial charge in [-0.2, -0.15) is 0 Å². The number of rotatable bonds is 1. The molecule has 0 radical (unpaired) electrons. The highest BCUT2D eigenvalue weighted by molar-refractivity contribution is 6.30. The highest BCUT2D eigenvalue weighted by atomic mass is 35.5. The van der Waals surface area contributed by atoms with Crippen molar-refractivity contribution >= 4 is 11.6 Å². The van der Waals surface area contributed by atoms with Gasteiger partial charge in [0.05, 0.1) is 12.2 Å². The Balaban J connectivity index is 2.12. The van der Waals surface area contributed by atoms with Gasteiger partial charge < -0.3 is 9.47 Å². The van der Waals surface area contributed by atoms with E-state index in [2.05, 4.69) is 6.92 Å². The van der Waals surface area contributed by atoms with Crippen LogP contribution in [0.5, 0.6) is 0 Å². The quantitative estimate of drug-likeness (QED) is 0.729. The number of hydrogen-bond acceptors (Lipinski definition) is 2. The minimum atomic E-state index is -0.130. The summed E-state index contributed by atoms with van der Waals surface area (Å²) in [5, 5.41) is 0.756. The number of hydrogen-bond donors (Lipinski definition) is 0. The first-order chi connectivity index (χ1) is 7.15. The van der Waals surface area contributed by atoms with E-state index in [0.717, 1.165) is 11.4 Å². The maximum absolute atomic E-state index is 5.84. The maximum atomic E-state index is 5.84. The van der Waals surface area contributed by atoms with Crippen molar-refractivity contribution in [1.82, 2.24) is 0 Å². The Hall–Kier alpha value is -0.570. The monoisotopic (exact) mass is 226 g/mol. The Morgan fingerprint density at radius 3 is 2.40 bits per heavy atom. The SMILES string of the molecule is C[C@@H]1O[C@H](c2ccc(Cl)cc2)C[C@H](C)O1. The largest absolute Gasteiger partial charge is 0.350 e. The number of halogens is 1. The Morgan fingerprint density at radius 2 is 1.80 bits per heavy atom. The first-order valence-electron chi connectivity index (χ1n) is 5.21. The van der Waals surface area contributed by atoms with Crippen LogP contribution in [0.2, 0.25) is 5.02 Å². The van der Waals surface area contributed by atoms with Gasteiger partial charge in [-0.25, -0.2) is 0 Å². The van der Waals surface area contributed by atoms with Crippen molar-refractivity contribution in [1.29, 1.82) is 0 Å². The molecule has 0 aromatic heterocycles. The van der Waals surface area contributed by atoms with Gasteiger partial charge in [0, 0.05) is 11.4 Å². The molecule has 1 aromatic rings. The standard InChI is InChI=1S/C12H15ClO2/c1-8-7-12(15-9(2)14-8)10-3-5-11(13)6-4-10/h3-6,8-9,12H,7H2,1-2H3/t8-,9-,12-/m0/s1. The fourth-order valence-electron chi connectivity index (χ4n) is 1.90. The third-order valence-electron chi connectivity index (χ3n) is 2.57. The molecular weight excluding hydrogens is 212 g/mol. The summed E-state index contributed by atoms with van der Waals surface area (Å²) < 4.78 is 11.2. The molecule has 0 unspecified atom stereocenters. The minimum absolute atomic E-state index is 0.126. The molecule has 0 saturated carbocycles. The van der Waals surface area contributed by atoms with Crippen molar-refractivity contribution in [2.45, 2.75) is 38.8 Å². The van der Waals surface area contributed by atoms with Gasteiger partial charge in [0.25, 0.3) is 0 Å². The normalized spacial score (nSPS) is 31.5. The first-order valence-corrected chi connectivity index (χ1v) is 5.59. The van der Waals surface area contributed by atoms with E-state index in [-0.39, 0.29) is 18.5 Å². The van der Waals surface area contributed by atoms with Crippen LogP contribution < -0.4 is 0 Å². The molecule has 0 amide bonds. The summed E-state index contributed by atoms with van der Waals surface area (Å²) >= 11 is 5.84. The zero-order valence-corrected chi connectivity index (χ0v) is 9.70. The summed E-state index contributed by atoms with van der Waals surface area (Å²) in [5.41, 5.74) is 1.17. The predicted octanol–water partition coefficient (Wildman–Crippen LogP) is 3.55. The molecule has 1 aliphatic rings. The molecule has 3 heteroatoms. The van der Waals surface area contributed by atoms with Crippen LogP contribution >= 0.6 is 11.6 Å². The molecule has 2 nitrogen and oxygen atoms in total. The van der Waals surface area contributed by atoms with Crippen molar-refractivity contribution in [2.75, 3.05) is 0 Å². The van der Waals surface area contributed by atoms with Crippen LogP contribution in [0.1, 0.15) is 31.9 Å². The van der Waals surface area contributed by atoms with Gasteiger partial charge in [-0.1, -0.05) is 23.7 Å². The Kier molecular flexibility index (Phi) is 3.29. The van der Waals surface area contributed by atoms with Crippen LogP contribution in [0, 0.1) is 0 Å². The van der Waals surface area contributed by atoms with Crippen molar-refractivity contribution in [3.63, 3.8) is 0 Å². The lowest BCUT2D eigenvalue weighted by Crippen LogP contribution is -2.30. The highest BCUT2D eigenvalue weighted by Crippen LogP contribution is 2.30. The van der Waals surface area contributed by atoms with E-state index in [1.807, 2.05) is 31.2 Å². The van der Waals surface area contributed by atoms with E-state index in [1.54, 1.807) is 0 Å². The van der Waals surface area contributed by atoms with Gasteiger partial charge >= 0.3 is 0 Å². The molecular formula is C12H15ClO2. The molecule has 0 N–H and O–H groups in total. The van der Waals surface area contributed by atoms with Crippen LogP contribution in [0.3, 0.4) is 0 Å². The lowest BCUT2D eigenvalue weighted by Gasteiger charge is -2.32. The van der Waals surface area contributed by atoms with Crippen LogP contribution in [-0.2, 0) is 9.47 Å². The zero-order valence-electron chi connectivity index (χ0n) is 8.94. The molecule has 1 aliphatic heterocycles. The molecule has 1 fully saturated rings. The van der Waals surface area contributed by atoms with Crippen molar-refractivity contribution in [2.24, 2.45) is 0 Å². The molecule has 15 heavy (non-hydrogen) atoms. The second-order valence-corrected chi connectivity index (χ2v) is 4.36. The van der Waals surface area contributed by atoms with Crippen molar-refractivity contribution in [3.8, 4) is 0 Å². The Morgan fingerprint density at radius 1 is 1.13 bits per heavy atom. The smallest absolute Gasteiger partial charge is 0.155 e. The average molecular weight is 227 g/mol. The van der Waals surface area contributed by atoms with Gasteiger partial charge in [0.15, 0.2) is 6.29 Å². The van der Waals surface area contributed by atoms with Crippen LogP contribution in [0.15, 0.2) is 24.3 Å². The summed E-state index contributed by atoms with van der Waals surface area (Å²) in [6.45, 7) is 4.00. The number of ether oxygens (including phenoxy) is 2. The molecule has 1 saturated heterocycles. The molecule has 0 bridgehead atoms. The molecule has 2 rings (SSSR count). The summed E-state index contributed by atoms with van der Waals surface area (Å²) in [4.78, 5) is 0. The van der Waals surface area contributed by atoms with E-state index in [1.165, 1.54) is 5.56 Å². The molecule has 1 aromatic carbocycles. The number of benzene rings is 1. The molecule has 1 heterocycles. The molecule has 3 atom stereocenters. The fraction of sp³-hybridized carbons (Fsp3) is 0.500. The lowest BCUT2D eigenvalue weighted by molar-refractivity contribution is -0.231. The Labute approximate surface area is 95.1 Å². The van der Waals surface area contributed by atoms with Crippen LogP contribution in [-0.4, -0.2) is 12.4 Å². The minimum Gasteiger partial charge on any atom is -0.350 e. The van der Waals surface area contributed by atoms with Gasteiger partial charge in [-0.15, -0.1) is 0 Å². The van der Waals surface area contributed by atoms with E-state index in [0.29, 0.717) is 0 Å². The van der Waals surface area contributed by atoms with Gasteiger partial charge in [-0.3, -0.25) is 0 Å². The third kappa shape index (κ3) is 2.71. The van der Waals surface area contributed by atoms with E-state index in [9.17, 15) is 0 Å². The van der Waals surface area contributed by atoms with Crippen LogP contribution in [0.4, 0.5) is 0 Å². The Bertz CT molecular complexity index is 313. The van der Waals surface area contributed by atoms with Crippen molar-refractivity contribution < 1.29 is 9.47 Å². The zero-order chi connectivity index (χ0) is 10.8. The van der Waals surface area contributed by atoms with E-state index >= 15 is 0 Å². The van der Waals surface area contributed by atoms with Crippen LogP contribution in [0.25, 0.3) is 0 Å². The fourth-order valence-corrected chi connectivity index (χ4v) is 2.02. The topological polar surface area (TPSA) is 18.5 Å². The van der Waals surface area contributed by atoms with Gasteiger partial charge in [0.2, 0.25) is 0 Å². The van der Waals surface area contributed by atoms with Gasteiger partial charge in [-0.05, 0) is 31.5 Å². The molecule has 0 spiro atoms. The second kappa shape index (κ2) is 4.52. The average Bonchev–Trinajstić information content (AvgIpc) is 2.17. The van der Waals surface area contributed by atoms with Gasteiger partial charge in [0.1, 0.15) is 0 Å². The van der Waals surface area contributed by atoms with E-state index in [4.69, 9.17) is 21.1 Å². The van der Waals surface area contributed by atoms with E-state index < -0.39 is 0 Å². The molecule has 82 valence electrons. The summed E-state index contributed by atoms with van der Waals surface area (Å²) in [6, 6.07) is 7.81. The lowest BCUT2D eigenvalue weighted by atomic mass is 10.0. The highest BCUT2D eigenvalue weighted by Gasteiger charge is 2.25. The summed E-state index contributed by atoms with van der Waals surface area (Å²) in [5.74, 6) is 0. The summed E-state index contributed by atoms with van der Waals surface area (Å²) in [6.07, 6.45) is 1.14. The second-order valence-electron chi connectivity index (χ2n) is 3.93. The summed E-state index contributed by atoms with van der Waals surface area (Å²) in [7, 11) is 0. The molecule has 0 aliphatic carbocycles.